The minimum Gasteiger partial charge on any atom is -0.381 e. The van der Waals surface area contributed by atoms with Gasteiger partial charge >= 0.3 is 0 Å². The molecule has 1 N–H and O–H groups in total. The van der Waals surface area contributed by atoms with Gasteiger partial charge in [-0.15, -0.1) is 0 Å². The summed E-state index contributed by atoms with van der Waals surface area (Å²) in [7, 11) is -1.52. The number of fused-ring (bicyclic) bond motifs is 3. The topological polar surface area (TPSA) is 49.4 Å². The molecule has 2 aromatic rings. The maximum Gasteiger partial charge on any atom is 0.206 e. The minimum absolute atomic E-state index is 0.122. The van der Waals surface area contributed by atoms with Crippen molar-refractivity contribution in [2.24, 2.45) is 0 Å². The van der Waals surface area contributed by atoms with E-state index in [-0.39, 0.29) is 9.79 Å². The van der Waals surface area contributed by atoms with Crippen LogP contribution in [0.1, 0.15) is 24.3 Å². The molecule has 1 unspecified atom stereocenters. The summed E-state index contributed by atoms with van der Waals surface area (Å²) in [4.78, 5) is 2.72. The summed E-state index contributed by atoms with van der Waals surface area (Å²) in [6.07, 6.45) is 2.07. The number of halogens is 1. The van der Waals surface area contributed by atoms with Crippen molar-refractivity contribution >= 4 is 15.5 Å². The zero-order valence-electron chi connectivity index (χ0n) is 14.1. The zero-order chi connectivity index (χ0) is 17.6. The standard InChI is InChI=1S/C19H21FN2O2S/c1-22-10-8-16-17-12-15(6-7-18(17)21-19(16)9-11-22)25(23,24)14-4-2-13(20)3-5-14/h2-7,12,16,19,21H,8-11H2,1H3/t16-,19?/m0/s1. The molecule has 1 fully saturated rings. The number of likely N-dealkylation sites (tertiary alicyclic amines) is 1. The van der Waals surface area contributed by atoms with Crippen molar-refractivity contribution in [3.05, 3.63) is 53.8 Å². The van der Waals surface area contributed by atoms with Crippen molar-refractivity contribution in [3.8, 4) is 0 Å². The molecule has 0 amide bonds. The Kier molecular flexibility index (Phi) is 4.04. The summed E-state index contributed by atoms with van der Waals surface area (Å²) in [5.74, 6) is -0.106. The summed E-state index contributed by atoms with van der Waals surface area (Å²) in [6.45, 7) is 2.06. The van der Waals surface area contributed by atoms with E-state index in [9.17, 15) is 12.8 Å². The summed E-state index contributed by atoms with van der Waals surface area (Å²) in [5, 5.41) is 3.55. The highest BCUT2D eigenvalue weighted by Crippen LogP contribution is 2.42. The monoisotopic (exact) mass is 360 g/mol. The lowest BCUT2D eigenvalue weighted by molar-refractivity contribution is 0.346. The smallest absolute Gasteiger partial charge is 0.206 e. The van der Waals surface area contributed by atoms with E-state index in [1.807, 2.05) is 6.07 Å². The summed E-state index contributed by atoms with van der Waals surface area (Å²) in [5.41, 5.74) is 2.13. The number of anilines is 1. The highest BCUT2D eigenvalue weighted by atomic mass is 32.2. The lowest BCUT2D eigenvalue weighted by atomic mass is 9.91. The van der Waals surface area contributed by atoms with Crippen molar-refractivity contribution in [2.75, 3.05) is 25.5 Å². The second-order valence-electron chi connectivity index (χ2n) is 6.94. The molecule has 0 radical (unpaired) electrons. The molecule has 2 aliphatic rings. The Hall–Kier alpha value is -1.92. The van der Waals surface area contributed by atoms with Gasteiger partial charge in [0.05, 0.1) is 9.79 Å². The van der Waals surface area contributed by atoms with E-state index in [4.69, 9.17) is 0 Å². The normalized spacial score (nSPS) is 23.4. The first-order chi connectivity index (χ1) is 11.9. The van der Waals surface area contributed by atoms with Gasteiger partial charge in [0.25, 0.3) is 0 Å². The molecule has 2 atom stereocenters. The molecule has 1 saturated heterocycles. The van der Waals surface area contributed by atoms with Crippen LogP contribution in [0, 0.1) is 5.82 Å². The maximum absolute atomic E-state index is 13.1. The summed E-state index contributed by atoms with van der Waals surface area (Å²) in [6, 6.07) is 10.7. The van der Waals surface area contributed by atoms with Crippen LogP contribution in [0.15, 0.2) is 52.3 Å². The van der Waals surface area contributed by atoms with E-state index in [2.05, 4.69) is 17.3 Å². The third-order valence-electron chi connectivity index (χ3n) is 5.33. The van der Waals surface area contributed by atoms with Crippen LogP contribution < -0.4 is 5.32 Å². The van der Waals surface area contributed by atoms with E-state index < -0.39 is 15.7 Å². The Balaban J connectivity index is 1.71. The fourth-order valence-corrected chi connectivity index (χ4v) is 5.17. The number of rotatable bonds is 2. The van der Waals surface area contributed by atoms with Crippen molar-refractivity contribution < 1.29 is 12.8 Å². The molecule has 2 aliphatic heterocycles. The molecule has 0 aromatic heterocycles. The van der Waals surface area contributed by atoms with Crippen molar-refractivity contribution in [1.29, 1.82) is 0 Å². The Morgan fingerprint density at radius 1 is 1.04 bits per heavy atom. The van der Waals surface area contributed by atoms with E-state index in [0.717, 1.165) is 37.2 Å². The molecule has 25 heavy (non-hydrogen) atoms. The van der Waals surface area contributed by atoms with Crippen molar-refractivity contribution in [3.63, 3.8) is 0 Å². The van der Waals surface area contributed by atoms with Crippen LogP contribution in [0.2, 0.25) is 0 Å². The van der Waals surface area contributed by atoms with Gasteiger partial charge in [0.1, 0.15) is 5.82 Å². The number of hydrogen-bond acceptors (Lipinski definition) is 4. The number of hydrogen-bond donors (Lipinski definition) is 1. The largest absolute Gasteiger partial charge is 0.381 e. The molecular weight excluding hydrogens is 339 g/mol. The molecule has 0 aliphatic carbocycles. The second-order valence-corrected chi connectivity index (χ2v) is 8.89. The van der Waals surface area contributed by atoms with Crippen LogP contribution in [-0.4, -0.2) is 39.5 Å². The summed E-state index contributed by atoms with van der Waals surface area (Å²) < 4.78 is 38.9. The first-order valence-corrected chi connectivity index (χ1v) is 10.0. The molecular formula is C19H21FN2O2S. The molecule has 2 aromatic carbocycles. The molecule has 0 spiro atoms. The second kappa shape index (κ2) is 6.11. The lowest BCUT2D eigenvalue weighted by Gasteiger charge is -2.16. The van der Waals surface area contributed by atoms with E-state index in [0.29, 0.717) is 12.0 Å². The van der Waals surface area contributed by atoms with Gasteiger partial charge in [-0.05, 0) is 81.0 Å². The molecule has 6 heteroatoms. The van der Waals surface area contributed by atoms with Crippen LogP contribution in [0.4, 0.5) is 10.1 Å². The fraction of sp³-hybridized carbons (Fsp3) is 0.368. The predicted molar refractivity (Wildman–Crippen MR) is 95.2 cm³/mol. The lowest BCUT2D eigenvalue weighted by Crippen LogP contribution is -2.22. The van der Waals surface area contributed by atoms with Gasteiger partial charge in [-0.25, -0.2) is 12.8 Å². The fourth-order valence-electron chi connectivity index (χ4n) is 3.87. The number of sulfone groups is 1. The number of nitrogens with one attached hydrogen (secondary N) is 1. The Bertz CT molecular complexity index is 896. The van der Waals surface area contributed by atoms with E-state index in [1.165, 1.54) is 24.3 Å². The van der Waals surface area contributed by atoms with Gasteiger partial charge in [0, 0.05) is 17.6 Å². The molecule has 0 bridgehead atoms. The average molecular weight is 360 g/mol. The SMILES string of the molecule is CN1CCC2Nc3ccc(S(=O)(=O)c4ccc(F)cc4)cc3[C@@H]2CC1. The van der Waals surface area contributed by atoms with Gasteiger partial charge in [-0.2, -0.15) is 0 Å². The third kappa shape index (κ3) is 2.93. The zero-order valence-corrected chi connectivity index (χ0v) is 14.9. The Morgan fingerprint density at radius 3 is 2.48 bits per heavy atom. The van der Waals surface area contributed by atoms with E-state index >= 15 is 0 Å². The molecule has 4 rings (SSSR count). The minimum atomic E-state index is -3.64. The Morgan fingerprint density at radius 2 is 1.72 bits per heavy atom. The molecule has 2 heterocycles. The highest BCUT2D eigenvalue weighted by molar-refractivity contribution is 7.91. The maximum atomic E-state index is 13.1. The van der Waals surface area contributed by atoms with E-state index in [1.54, 1.807) is 12.1 Å². The first kappa shape index (κ1) is 16.5. The van der Waals surface area contributed by atoms with Gasteiger partial charge in [-0.3, -0.25) is 0 Å². The summed E-state index contributed by atoms with van der Waals surface area (Å²) >= 11 is 0. The molecule has 132 valence electrons. The van der Waals surface area contributed by atoms with Crippen LogP contribution in [0.3, 0.4) is 0 Å². The van der Waals surface area contributed by atoms with Gasteiger partial charge in [0.15, 0.2) is 0 Å². The third-order valence-corrected chi connectivity index (χ3v) is 7.09. The van der Waals surface area contributed by atoms with Crippen molar-refractivity contribution in [1.82, 2.24) is 4.90 Å². The van der Waals surface area contributed by atoms with Gasteiger partial charge in [-0.1, -0.05) is 0 Å². The number of nitrogens with zero attached hydrogens (tertiary/aromatic N) is 1. The molecule has 4 nitrogen and oxygen atoms in total. The number of benzene rings is 2. The Labute approximate surface area is 147 Å². The predicted octanol–water partition coefficient (Wildman–Crippen LogP) is 3.26. The van der Waals surface area contributed by atoms with Gasteiger partial charge < -0.3 is 10.2 Å². The average Bonchev–Trinajstić information content (AvgIpc) is 2.84. The van der Waals surface area contributed by atoms with Crippen LogP contribution in [0.25, 0.3) is 0 Å². The molecule has 0 saturated carbocycles. The first-order valence-electron chi connectivity index (χ1n) is 8.55. The van der Waals surface area contributed by atoms with Crippen LogP contribution in [0.5, 0.6) is 0 Å². The highest BCUT2D eigenvalue weighted by Gasteiger charge is 2.34. The van der Waals surface area contributed by atoms with Crippen molar-refractivity contribution in [2.45, 2.75) is 34.6 Å². The van der Waals surface area contributed by atoms with Crippen LogP contribution in [-0.2, 0) is 9.84 Å². The van der Waals surface area contributed by atoms with Gasteiger partial charge in [0.2, 0.25) is 9.84 Å². The van der Waals surface area contributed by atoms with Crippen LogP contribution >= 0.6 is 0 Å². The quantitative estimate of drug-likeness (QED) is 0.835.